The Morgan fingerprint density at radius 2 is 2.00 bits per heavy atom. The summed E-state index contributed by atoms with van der Waals surface area (Å²) in [7, 11) is -2.91. The molecule has 3 N–H and O–H groups in total. The van der Waals surface area contributed by atoms with E-state index in [0.29, 0.717) is 26.1 Å². The van der Waals surface area contributed by atoms with E-state index in [1.165, 1.54) is 0 Å². The molecule has 1 amide bonds. The molecule has 1 rings (SSSR count). The van der Waals surface area contributed by atoms with Crippen LogP contribution < -0.4 is 11.1 Å². The van der Waals surface area contributed by atoms with Gasteiger partial charge in [-0.05, 0) is 13.0 Å². The molecule has 1 atom stereocenters. The molecule has 0 aromatic rings. The van der Waals surface area contributed by atoms with E-state index in [2.05, 4.69) is 5.32 Å². The molecule has 0 aliphatic carbocycles. The molecule has 0 spiro atoms. The Kier molecular flexibility index (Phi) is 5.55. The van der Waals surface area contributed by atoms with Gasteiger partial charge in [0.05, 0.1) is 17.5 Å². The number of sulfone groups is 1. The number of nitrogens with one attached hydrogen (secondary N) is 1. The molecule has 1 unspecified atom stereocenters. The van der Waals surface area contributed by atoms with Crippen molar-refractivity contribution in [2.45, 2.75) is 32.4 Å². The largest absolute Gasteiger partial charge is 0.368 e. The first-order valence-corrected chi connectivity index (χ1v) is 8.10. The second-order valence-corrected chi connectivity index (χ2v) is 7.39. The van der Waals surface area contributed by atoms with E-state index < -0.39 is 21.8 Å². The molecule has 1 heterocycles. The van der Waals surface area contributed by atoms with Gasteiger partial charge in [-0.15, -0.1) is 0 Å². The van der Waals surface area contributed by atoms with E-state index in [1.54, 1.807) is 0 Å². The molecular formula is C11H23N3O3S. The Morgan fingerprint density at radius 1 is 1.33 bits per heavy atom. The predicted molar refractivity (Wildman–Crippen MR) is 71.0 cm³/mol. The molecule has 18 heavy (non-hydrogen) atoms. The average molecular weight is 277 g/mol. The Balaban J connectivity index is 2.56. The topological polar surface area (TPSA) is 92.5 Å². The number of hydrogen-bond donors (Lipinski definition) is 2. The van der Waals surface area contributed by atoms with Crippen LogP contribution in [0.3, 0.4) is 0 Å². The second kappa shape index (κ2) is 6.49. The highest BCUT2D eigenvalue weighted by molar-refractivity contribution is 7.91. The van der Waals surface area contributed by atoms with Gasteiger partial charge < -0.3 is 16.0 Å². The summed E-state index contributed by atoms with van der Waals surface area (Å²) in [6, 6.07) is -0.260. The van der Waals surface area contributed by atoms with E-state index in [1.807, 2.05) is 18.7 Å². The van der Waals surface area contributed by atoms with Crippen LogP contribution in [0.25, 0.3) is 0 Å². The van der Waals surface area contributed by atoms with Gasteiger partial charge in [0.1, 0.15) is 0 Å². The van der Waals surface area contributed by atoms with Crippen molar-refractivity contribution in [3.63, 3.8) is 0 Å². The van der Waals surface area contributed by atoms with Crippen LogP contribution in [0.5, 0.6) is 0 Å². The van der Waals surface area contributed by atoms with Gasteiger partial charge in [-0.1, -0.05) is 13.8 Å². The first-order valence-electron chi connectivity index (χ1n) is 6.28. The Hall–Kier alpha value is -0.660. The predicted octanol–water partition coefficient (Wildman–Crippen LogP) is -1.04. The standard InChI is InChI=1S/C11H23N3O3S/c1-9(2)13-10(11(12)15)8-14-4-3-6-18(16,17)7-5-14/h9-10,13H,3-8H2,1-2H3,(H2,12,15). The number of carbonyl (C=O) groups is 1. The minimum atomic E-state index is -2.91. The fourth-order valence-electron chi connectivity index (χ4n) is 2.06. The van der Waals surface area contributed by atoms with Gasteiger partial charge in [0.2, 0.25) is 5.91 Å². The van der Waals surface area contributed by atoms with Crippen LogP contribution >= 0.6 is 0 Å². The molecule has 1 fully saturated rings. The number of nitrogens with two attached hydrogens (primary N) is 1. The molecule has 0 radical (unpaired) electrons. The molecule has 7 heteroatoms. The van der Waals surface area contributed by atoms with Gasteiger partial charge >= 0.3 is 0 Å². The first-order chi connectivity index (χ1) is 8.30. The van der Waals surface area contributed by atoms with Crippen molar-refractivity contribution in [1.29, 1.82) is 0 Å². The van der Waals surface area contributed by atoms with Crippen molar-refractivity contribution in [1.82, 2.24) is 10.2 Å². The van der Waals surface area contributed by atoms with Crippen LogP contribution in [0.2, 0.25) is 0 Å². The molecule has 0 saturated carbocycles. The molecule has 106 valence electrons. The van der Waals surface area contributed by atoms with E-state index >= 15 is 0 Å². The lowest BCUT2D eigenvalue weighted by atomic mass is 10.2. The number of nitrogens with zero attached hydrogens (tertiary/aromatic N) is 1. The number of amides is 1. The van der Waals surface area contributed by atoms with Crippen LogP contribution in [0.1, 0.15) is 20.3 Å². The number of carbonyl (C=O) groups excluding carboxylic acids is 1. The molecule has 1 saturated heterocycles. The number of primary amides is 1. The molecule has 1 aliphatic rings. The molecule has 1 aliphatic heterocycles. The second-order valence-electron chi connectivity index (χ2n) is 5.08. The van der Waals surface area contributed by atoms with E-state index in [0.717, 1.165) is 0 Å². The quantitative estimate of drug-likeness (QED) is 0.669. The molecule has 0 aromatic heterocycles. The van der Waals surface area contributed by atoms with Crippen molar-refractivity contribution < 1.29 is 13.2 Å². The lowest BCUT2D eigenvalue weighted by Gasteiger charge is -2.26. The summed E-state index contributed by atoms with van der Waals surface area (Å²) in [6.07, 6.45) is 0.621. The van der Waals surface area contributed by atoms with Crippen LogP contribution in [0, 0.1) is 0 Å². The highest BCUT2D eigenvalue weighted by Gasteiger charge is 2.24. The van der Waals surface area contributed by atoms with Crippen LogP contribution in [0.15, 0.2) is 0 Å². The zero-order valence-electron chi connectivity index (χ0n) is 11.1. The molecule has 0 aromatic carbocycles. The maximum absolute atomic E-state index is 11.5. The minimum Gasteiger partial charge on any atom is -0.368 e. The van der Waals surface area contributed by atoms with Crippen LogP contribution in [-0.4, -0.2) is 62.4 Å². The van der Waals surface area contributed by atoms with E-state index in [9.17, 15) is 13.2 Å². The summed E-state index contributed by atoms with van der Waals surface area (Å²) < 4.78 is 23.0. The summed E-state index contributed by atoms with van der Waals surface area (Å²) >= 11 is 0. The van der Waals surface area contributed by atoms with Crippen molar-refractivity contribution in [3.05, 3.63) is 0 Å². The van der Waals surface area contributed by atoms with Crippen molar-refractivity contribution in [2.75, 3.05) is 31.1 Å². The first kappa shape index (κ1) is 15.4. The van der Waals surface area contributed by atoms with Crippen LogP contribution in [0.4, 0.5) is 0 Å². The lowest BCUT2D eigenvalue weighted by molar-refractivity contribution is -0.120. The van der Waals surface area contributed by atoms with Gasteiger partial charge in [-0.25, -0.2) is 8.42 Å². The third kappa shape index (κ3) is 5.32. The zero-order chi connectivity index (χ0) is 13.8. The van der Waals surface area contributed by atoms with Gasteiger partial charge in [-0.2, -0.15) is 0 Å². The third-order valence-electron chi connectivity index (χ3n) is 2.97. The minimum absolute atomic E-state index is 0.165. The summed E-state index contributed by atoms with van der Waals surface area (Å²) in [4.78, 5) is 13.3. The Morgan fingerprint density at radius 3 is 2.56 bits per heavy atom. The van der Waals surface area contributed by atoms with E-state index in [4.69, 9.17) is 5.73 Å². The van der Waals surface area contributed by atoms with Gasteiger partial charge in [0.25, 0.3) is 0 Å². The summed E-state index contributed by atoms with van der Waals surface area (Å²) in [5.74, 6) is 0.0125. The third-order valence-corrected chi connectivity index (χ3v) is 4.68. The summed E-state index contributed by atoms with van der Waals surface area (Å²) in [5.41, 5.74) is 5.35. The summed E-state index contributed by atoms with van der Waals surface area (Å²) in [6.45, 7) is 5.54. The fraction of sp³-hybridized carbons (Fsp3) is 0.909. The van der Waals surface area contributed by atoms with Crippen LogP contribution in [-0.2, 0) is 14.6 Å². The van der Waals surface area contributed by atoms with Crippen molar-refractivity contribution in [2.24, 2.45) is 5.73 Å². The van der Waals surface area contributed by atoms with E-state index in [-0.39, 0.29) is 17.5 Å². The fourth-order valence-corrected chi connectivity index (χ4v) is 3.37. The Bertz CT molecular complexity index is 381. The van der Waals surface area contributed by atoms with Crippen molar-refractivity contribution >= 4 is 15.7 Å². The molecule has 6 nitrogen and oxygen atoms in total. The Labute approximate surface area is 109 Å². The van der Waals surface area contributed by atoms with Crippen molar-refractivity contribution in [3.8, 4) is 0 Å². The lowest BCUT2D eigenvalue weighted by Crippen LogP contribution is -2.51. The van der Waals surface area contributed by atoms with Gasteiger partial charge in [0, 0.05) is 19.1 Å². The number of hydrogen-bond acceptors (Lipinski definition) is 5. The van der Waals surface area contributed by atoms with Gasteiger partial charge in [0.15, 0.2) is 9.84 Å². The monoisotopic (exact) mass is 277 g/mol. The highest BCUT2D eigenvalue weighted by atomic mass is 32.2. The normalized spacial score (nSPS) is 22.6. The summed E-state index contributed by atoms with van der Waals surface area (Å²) in [5, 5.41) is 3.10. The zero-order valence-corrected chi connectivity index (χ0v) is 11.9. The molecule has 0 bridgehead atoms. The maximum atomic E-state index is 11.5. The smallest absolute Gasteiger partial charge is 0.235 e. The van der Waals surface area contributed by atoms with Gasteiger partial charge in [-0.3, -0.25) is 4.79 Å². The number of rotatable bonds is 5. The SMILES string of the molecule is CC(C)NC(CN1CCCS(=O)(=O)CC1)C(N)=O. The molecular weight excluding hydrogens is 254 g/mol. The maximum Gasteiger partial charge on any atom is 0.235 e. The highest BCUT2D eigenvalue weighted by Crippen LogP contribution is 2.06. The average Bonchev–Trinajstić information content (AvgIpc) is 2.38.